The van der Waals surface area contributed by atoms with Gasteiger partial charge < -0.3 is 4.90 Å². The molecule has 1 aromatic rings. The zero-order chi connectivity index (χ0) is 13.8. The summed E-state index contributed by atoms with van der Waals surface area (Å²) in [5, 5.41) is 2.88. The molecule has 0 saturated carbocycles. The van der Waals surface area contributed by atoms with E-state index in [1.54, 1.807) is 30.0 Å². The molecule has 0 unspecified atom stereocenters. The molecule has 1 aromatic carbocycles. The topological polar surface area (TPSA) is 87.0 Å². The van der Waals surface area contributed by atoms with Crippen LogP contribution in [0.2, 0.25) is 0 Å². The summed E-state index contributed by atoms with van der Waals surface area (Å²) in [5.41, 5.74) is 1.89. The van der Waals surface area contributed by atoms with E-state index in [-0.39, 0.29) is 12.3 Å². The van der Waals surface area contributed by atoms with Crippen LogP contribution in [0.3, 0.4) is 0 Å². The van der Waals surface area contributed by atoms with Crippen molar-refractivity contribution in [1.29, 1.82) is 0 Å². The summed E-state index contributed by atoms with van der Waals surface area (Å²) in [5.74, 6) is -0.326. The van der Waals surface area contributed by atoms with Crippen molar-refractivity contribution in [2.24, 2.45) is 5.18 Å². The fraction of sp³-hybridized carbons (Fsp3) is 0.455. The normalized spacial score (nSPS) is 11.3. The standard InChI is InChI=1S/C11H16N2O4S/c1-3-13(6-7-18(15,16)17)10-4-5-11(12-14)9(2)8-10/h4-5,8H,3,6-7H2,1-2H3,(H,15,16,17). The molecule has 0 aliphatic rings. The van der Waals surface area contributed by atoms with Crippen molar-refractivity contribution < 1.29 is 13.0 Å². The summed E-state index contributed by atoms with van der Waals surface area (Å²) in [6.45, 7) is 4.44. The van der Waals surface area contributed by atoms with Gasteiger partial charge in [-0.3, -0.25) is 4.55 Å². The minimum Gasteiger partial charge on any atom is -0.371 e. The Bertz CT molecular complexity index is 528. The second kappa shape index (κ2) is 5.92. The van der Waals surface area contributed by atoms with E-state index in [9.17, 15) is 13.3 Å². The van der Waals surface area contributed by atoms with Crippen molar-refractivity contribution in [2.75, 3.05) is 23.7 Å². The molecule has 0 saturated heterocycles. The zero-order valence-electron chi connectivity index (χ0n) is 10.3. The van der Waals surface area contributed by atoms with E-state index in [4.69, 9.17) is 4.55 Å². The highest BCUT2D eigenvalue weighted by molar-refractivity contribution is 7.85. The van der Waals surface area contributed by atoms with Crippen LogP contribution < -0.4 is 4.90 Å². The highest BCUT2D eigenvalue weighted by Gasteiger charge is 2.11. The molecule has 7 heteroatoms. The summed E-state index contributed by atoms with van der Waals surface area (Å²) in [6, 6.07) is 5.06. The Morgan fingerprint density at radius 1 is 1.39 bits per heavy atom. The Kier molecular flexibility index (Phi) is 4.80. The summed E-state index contributed by atoms with van der Waals surface area (Å²) in [7, 11) is -3.97. The molecule has 0 bridgehead atoms. The molecular weight excluding hydrogens is 256 g/mol. The number of anilines is 1. The molecule has 6 nitrogen and oxygen atoms in total. The van der Waals surface area contributed by atoms with Crippen LogP contribution in [0.1, 0.15) is 12.5 Å². The molecule has 0 amide bonds. The molecule has 0 atom stereocenters. The molecule has 18 heavy (non-hydrogen) atoms. The average Bonchev–Trinajstić information content (AvgIpc) is 2.28. The lowest BCUT2D eigenvalue weighted by molar-refractivity contribution is 0.482. The number of benzene rings is 1. The molecule has 100 valence electrons. The highest BCUT2D eigenvalue weighted by Crippen LogP contribution is 2.24. The monoisotopic (exact) mass is 272 g/mol. The smallest absolute Gasteiger partial charge is 0.266 e. The second-order valence-corrected chi connectivity index (χ2v) is 5.50. The van der Waals surface area contributed by atoms with Crippen LogP contribution in [0.25, 0.3) is 0 Å². The van der Waals surface area contributed by atoms with Crippen LogP contribution in [0.4, 0.5) is 11.4 Å². The lowest BCUT2D eigenvalue weighted by Gasteiger charge is -2.22. The molecule has 0 aliphatic carbocycles. The maximum absolute atomic E-state index is 10.7. The van der Waals surface area contributed by atoms with Crippen LogP contribution in [0, 0.1) is 11.8 Å². The van der Waals surface area contributed by atoms with Crippen molar-refractivity contribution in [3.8, 4) is 0 Å². The van der Waals surface area contributed by atoms with Crippen molar-refractivity contribution in [3.05, 3.63) is 28.7 Å². The summed E-state index contributed by atoms with van der Waals surface area (Å²) >= 11 is 0. The van der Waals surface area contributed by atoms with Gasteiger partial charge in [0.05, 0.1) is 5.75 Å². The van der Waals surface area contributed by atoms with Gasteiger partial charge in [0.15, 0.2) is 0 Å². The Labute approximate surface area is 106 Å². The van der Waals surface area contributed by atoms with Crippen molar-refractivity contribution in [1.82, 2.24) is 0 Å². The van der Waals surface area contributed by atoms with Crippen molar-refractivity contribution in [3.63, 3.8) is 0 Å². The number of hydrogen-bond donors (Lipinski definition) is 1. The molecule has 0 radical (unpaired) electrons. The third-order valence-corrected chi connectivity index (χ3v) is 3.34. The summed E-state index contributed by atoms with van der Waals surface area (Å²) < 4.78 is 30.2. The maximum atomic E-state index is 10.7. The van der Waals surface area contributed by atoms with Gasteiger partial charge in [-0.25, -0.2) is 0 Å². The van der Waals surface area contributed by atoms with E-state index in [1.807, 2.05) is 6.92 Å². The number of hydrogen-bond acceptors (Lipinski definition) is 5. The molecule has 0 aromatic heterocycles. The van der Waals surface area contributed by atoms with Crippen LogP contribution in [-0.2, 0) is 10.1 Å². The zero-order valence-corrected chi connectivity index (χ0v) is 11.1. The Balaban J connectivity index is 2.88. The van der Waals surface area contributed by atoms with Crippen molar-refractivity contribution in [2.45, 2.75) is 13.8 Å². The van der Waals surface area contributed by atoms with Gasteiger partial charge in [-0.2, -0.15) is 8.42 Å². The number of aryl methyl sites for hydroxylation is 1. The van der Waals surface area contributed by atoms with Crippen LogP contribution in [-0.4, -0.2) is 31.8 Å². The largest absolute Gasteiger partial charge is 0.371 e. The van der Waals surface area contributed by atoms with Gasteiger partial charge in [0.2, 0.25) is 0 Å². The number of rotatable bonds is 6. The lowest BCUT2D eigenvalue weighted by Crippen LogP contribution is -2.28. The SMILES string of the molecule is CCN(CCS(=O)(=O)O)c1ccc(N=O)c(C)c1. The first-order valence-electron chi connectivity index (χ1n) is 5.51. The van der Waals surface area contributed by atoms with Gasteiger partial charge in [-0.1, -0.05) is 0 Å². The summed E-state index contributed by atoms with van der Waals surface area (Å²) in [4.78, 5) is 12.3. The van der Waals surface area contributed by atoms with Crippen LogP contribution in [0.5, 0.6) is 0 Å². The van der Waals surface area contributed by atoms with Crippen molar-refractivity contribution >= 4 is 21.5 Å². The Morgan fingerprint density at radius 2 is 2.06 bits per heavy atom. The third kappa shape index (κ3) is 4.08. The Morgan fingerprint density at radius 3 is 2.50 bits per heavy atom. The molecule has 1 N–H and O–H groups in total. The molecule has 0 fully saturated rings. The molecule has 0 aliphatic heterocycles. The predicted molar refractivity (Wildman–Crippen MR) is 70.9 cm³/mol. The lowest BCUT2D eigenvalue weighted by atomic mass is 10.1. The fourth-order valence-corrected chi connectivity index (χ4v) is 2.09. The first kappa shape index (κ1) is 14.6. The first-order valence-corrected chi connectivity index (χ1v) is 7.12. The molecule has 1 rings (SSSR count). The first-order chi connectivity index (χ1) is 8.37. The summed E-state index contributed by atoms with van der Waals surface area (Å²) in [6.07, 6.45) is 0. The number of nitrogens with zero attached hydrogens (tertiary/aromatic N) is 2. The quantitative estimate of drug-likeness (QED) is 0.633. The minimum absolute atomic E-state index is 0.197. The van der Waals surface area contributed by atoms with E-state index in [2.05, 4.69) is 5.18 Å². The van der Waals surface area contributed by atoms with E-state index in [0.29, 0.717) is 12.2 Å². The van der Waals surface area contributed by atoms with Gasteiger partial charge in [-0.15, -0.1) is 4.91 Å². The highest BCUT2D eigenvalue weighted by atomic mass is 32.2. The van der Waals surface area contributed by atoms with Gasteiger partial charge in [0.1, 0.15) is 5.69 Å². The van der Waals surface area contributed by atoms with Gasteiger partial charge in [0.25, 0.3) is 10.1 Å². The molecule has 0 spiro atoms. The molecule has 0 heterocycles. The fourth-order valence-electron chi connectivity index (χ4n) is 1.63. The maximum Gasteiger partial charge on any atom is 0.266 e. The third-order valence-electron chi connectivity index (χ3n) is 2.64. The van der Waals surface area contributed by atoms with E-state index >= 15 is 0 Å². The van der Waals surface area contributed by atoms with E-state index in [1.165, 1.54) is 0 Å². The van der Waals surface area contributed by atoms with Crippen LogP contribution >= 0.6 is 0 Å². The second-order valence-electron chi connectivity index (χ2n) is 3.93. The minimum atomic E-state index is -3.97. The molecular formula is C11H16N2O4S. The van der Waals surface area contributed by atoms with E-state index < -0.39 is 10.1 Å². The van der Waals surface area contributed by atoms with Gasteiger partial charge >= 0.3 is 0 Å². The van der Waals surface area contributed by atoms with E-state index in [0.717, 1.165) is 11.3 Å². The predicted octanol–water partition coefficient (Wildman–Crippen LogP) is 2.11. The van der Waals surface area contributed by atoms with Gasteiger partial charge in [0, 0.05) is 18.8 Å². The van der Waals surface area contributed by atoms with Crippen LogP contribution in [0.15, 0.2) is 23.4 Å². The van der Waals surface area contributed by atoms with Gasteiger partial charge in [-0.05, 0) is 42.8 Å². The average molecular weight is 272 g/mol. The number of nitroso groups, excluding NO2 is 1. The Hall–Kier alpha value is -1.47.